The Morgan fingerprint density at radius 2 is 1.80 bits per heavy atom. The minimum atomic E-state index is -0.160. The molecule has 1 aromatic heterocycles. The van der Waals surface area contributed by atoms with E-state index in [1.54, 1.807) is 6.07 Å². The number of hydrogen-bond acceptors (Lipinski definition) is 7. The maximum atomic E-state index is 11.2. The Bertz CT molecular complexity index is 1440. The summed E-state index contributed by atoms with van der Waals surface area (Å²) in [5, 5.41) is 25.7. The second-order valence-corrected chi connectivity index (χ2v) is 15.0. The maximum Gasteiger partial charge on any atom is 0.187 e. The van der Waals surface area contributed by atoms with Gasteiger partial charge in [-0.15, -0.1) is 11.3 Å². The lowest BCUT2D eigenvalue weighted by Crippen LogP contribution is -2.46. The zero-order valence-corrected chi connectivity index (χ0v) is 26.0. The normalized spacial score (nSPS) is 17.2. The van der Waals surface area contributed by atoms with Crippen LogP contribution in [-0.2, 0) is 17.3 Å². The van der Waals surface area contributed by atoms with Gasteiger partial charge in [-0.25, -0.2) is 4.98 Å². The number of nitrogens with one attached hydrogen (secondary N) is 1. The van der Waals surface area contributed by atoms with Gasteiger partial charge in [-0.3, -0.25) is 0 Å². The van der Waals surface area contributed by atoms with Crippen LogP contribution in [-0.4, -0.2) is 41.2 Å². The summed E-state index contributed by atoms with van der Waals surface area (Å²) in [7, 11) is 0. The first-order valence-electron chi connectivity index (χ1n) is 14.1. The molecule has 3 aromatic rings. The van der Waals surface area contributed by atoms with Gasteiger partial charge in [0.2, 0.25) is 0 Å². The molecule has 0 unspecified atom stereocenters. The molecule has 2 N–H and O–H groups in total. The fourth-order valence-corrected chi connectivity index (χ4v) is 7.80. The van der Waals surface area contributed by atoms with E-state index in [9.17, 15) is 10.4 Å². The van der Waals surface area contributed by atoms with Crippen molar-refractivity contribution in [3.05, 3.63) is 57.6 Å². The second kappa shape index (κ2) is 10.6. The van der Waals surface area contributed by atoms with Crippen molar-refractivity contribution in [3.63, 3.8) is 0 Å². The molecule has 8 heteroatoms. The number of thiazole rings is 1. The number of nitrogens with zero attached hydrogens (tertiary/aromatic N) is 4. The molecule has 2 aromatic carbocycles. The van der Waals surface area contributed by atoms with Crippen molar-refractivity contribution >= 4 is 45.1 Å². The van der Waals surface area contributed by atoms with E-state index >= 15 is 0 Å². The lowest BCUT2D eigenvalue weighted by atomic mass is 9.74. The van der Waals surface area contributed by atoms with Crippen LogP contribution < -0.4 is 10.2 Å². The van der Waals surface area contributed by atoms with E-state index in [0.29, 0.717) is 6.42 Å². The van der Waals surface area contributed by atoms with Gasteiger partial charge < -0.3 is 20.2 Å². The van der Waals surface area contributed by atoms with Crippen LogP contribution in [0.4, 0.5) is 22.2 Å². The van der Waals surface area contributed by atoms with Gasteiger partial charge in [-0.1, -0.05) is 65.3 Å². The van der Waals surface area contributed by atoms with Gasteiger partial charge in [0.25, 0.3) is 0 Å². The molecule has 0 atom stereocenters. The summed E-state index contributed by atoms with van der Waals surface area (Å²) in [6, 6.07) is 14.0. The fraction of sp³-hybridized carbons (Fsp3) is 0.500. The van der Waals surface area contributed by atoms with E-state index in [1.807, 2.05) is 18.2 Å². The molecule has 0 saturated carbocycles. The van der Waals surface area contributed by atoms with Crippen LogP contribution >= 0.6 is 22.9 Å². The van der Waals surface area contributed by atoms with E-state index in [0.717, 1.165) is 82.4 Å². The summed E-state index contributed by atoms with van der Waals surface area (Å²) in [5.41, 5.74) is 4.68. The van der Waals surface area contributed by atoms with Gasteiger partial charge in [0.1, 0.15) is 5.75 Å². The first-order chi connectivity index (χ1) is 18.8. The summed E-state index contributed by atoms with van der Waals surface area (Å²) in [4.78, 5) is 10.7. The Labute approximate surface area is 247 Å². The second-order valence-electron chi connectivity index (χ2n) is 13.5. The Morgan fingerprint density at radius 3 is 2.45 bits per heavy atom. The molecule has 0 aliphatic carbocycles. The predicted octanol–water partition coefficient (Wildman–Crippen LogP) is 8.14. The number of halogens is 1. The van der Waals surface area contributed by atoms with Gasteiger partial charge in [0.15, 0.2) is 5.13 Å². The van der Waals surface area contributed by atoms with Crippen molar-refractivity contribution in [3.8, 4) is 11.8 Å². The van der Waals surface area contributed by atoms with Crippen molar-refractivity contribution in [2.75, 3.05) is 36.4 Å². The lowest BCUT2D eigenvalue weighted by molar-refractivity contribution is 0.125. The van der Waals surface area contributed by atoms with Crippen molar-refractivity contribution in [2.45, 2.75) is 71.6 Å². The monoisotopic (exact) mass is 577 g/mol. The van der Waals surface area contributed by atoms with Crippen LogP contribution in [0.25, 0.3) is 0 Å². The molecule has 0 radical (unpaired) electrons. The third-order valence-corrected chi connectivity index (χ3v) is 9.25. The number of aromatic nitrogens is 1. The number of likely N-dealkylation sites (tertiary alicyclic amines) is 1. The maximum absolute atomic E-state index is 11.2. The van der Waals surface area contributed by atoms with Crippen LogP contribution in [0.5, 0.6) is 5.75 Å². The van der Waals surface area contributed by atoms with Crippen LogP contribution in [0.2, 0.25) is 5.02 Å². The van der Waals surface area contributed by atoms with Crippen LogP contribution in [0.3, 0.4) is 0 Å². The molecule has 2 aliphatic heterocycles. The van der Waals surface area contributed by atoms with E-state index in [-0.39, 0.29) is 22.0 Å². The molecular weight excluding hydrogens is 538 g/mol. The molecule has 212 valence electrons. The van der Waals surface area contributed by atoms with E-state index in [4.69, 9.17) is 16.6 Å². The van der Waals surface area contributed by atoms with Gasteiger partial charge >= 0.3 is 0 Å². The SMILES string of the molecule is CC(C)(C)CN1CCC2(CC1)CN(c1ccccc1Nc1nc(C(C)(C)C)c(CC#N)s1)c1c(O)ccc(Cl)c12. The Balaban J connectivity index is 1.51. The summed E-state index contributed by atoms with van der Waals surface area (Å²) >= 11 is 8.46. The highest BCUT2D eigenvalue weighted by Gasteiger charge is 2.48. The Kier molecular flexibility index (Phi) is 7.58. The fourth-order valence-electron chi connectivity index (χ4n) is 6.33. The summed E-state index contributed by atoms with van der Waals surface area (Å²) < 4.78 is 0. The molecule has 6 nitrogen and oxygen atoms in total. The smallest absolute Gasteiger partial charge is 0.187 e. The minimum Gasteiger partial charge on any atom is -0.506 e. The standard InChI is InChI=1S/C32H40ClN5OS/c1-30(2,3)19-37-17-14-32(15-18-37)20-38(27-24(39)12-11-21(33)26(27)32)23-10-8-7-9-22(23)35-29-36-28(31(4,5)6)25(40-29)13-16-34/h7-12,39H,13-15,17-20H2,1-6H3,(H,35,36). The minimum absolute atomic E-state index is 0.132. The largest absolute Gasteiger partial charge is 0.506 e. The Morgan fingerprint density at radius 1 is 1.10 bits per heavy atom. The lowest BCUT2D eigenvalue weighted by Gasteiger charge is -2.42. The molecule has 5 rings (SSSR count). The molecule has 1 fully saturated rings. The number of anilines is 4. The number of phenols is 1. The first kappa shape index (κ1) is 28.7. The quantitative estimate of drug-likeness (QED) is 0.319. The number of phenolic OH excluding ortho intramolecular Hbond substituents is 1. The van der Waals surface area contributed by atoms with Crippen LogP contribution in [0.1, 0.15) is 70.5 Å². The number of rotatable bonds is 5. The number of para-hydroxylation sites is 2. The molecule has 3 heterocycles. The van der Waals surface area contributed by atoms with Crippen molar-refractivity contribution < 1.29 is 5.11 Å². The molecule has 0 bridgehead atoms. The first-order valence-corrected chi connectivity index (χ1v) is 15.3. The third kappa shape index (κ3) is 5.54. The van der Waals surface area contributed by atoms with Gasteiger partial charge in [0, 0.05) is 39.4 Å². The van der Waals surface area contributed by atoms with Crippen LogP contribution in [0.15, 0.2) is 36.4 Å². The highest BCUT2D eigenvalue weighted by atomic mass is 35.5. The average molecular weight is 578 g/mol. The van der Waals surface area contributed by atoms with Gasteiger partial charge in [-0.2, -0.15) is 5.26 Å². The molecule has 1 spiro atoms. The molecule has 0 amide bonds. The number of nitriles is 1. The summed E-state index contributed by atoms with van der Waals surface area (Å²) in [6.07, 6.45) is 2.32. The summed E-state index contributed by atoms with van der Waals surface area (Å²) in [5.74, 6) is 0.253. The third-order valence-electron chi connectivity index (χ3n) is 7.96. The number of hydrogen-bond donors (Lipinski definition) is 2. The summed E-state index contributed by atoms with van der Waals surface area (Å²) in [6.45, 7) is 17.1. The van der Waals surface area contributed by atoms with E-state index in [1.165, 1.54) is 11.3 Å². The van der Waals surface area contributed by atoms with Gasteiger partial charge in [-0.05, 0) is 55.6 Å². The highest BCUT2D eigenvalue weighted by Crippen LogP contribution is 2.56. The van der Waals surface area contributed by atoms with Crippen molar-refractivity contribution in [1.82, 2.24) is 9.88 Å². The van der Waals surface area contributed by atoms with Crippen LogP contribution in [0, 0.1) is 16.7 Å². The van der Waals surface area contributed by atoms with Crippen molar-refractivity contribution in [2.24, 2.45) is 5.41 Å². The zero-order valence-electron chi connectivity index (χ0n) is 24.4. The molecule has 1 saturated heterocycles. The number of fused-ring (bicyclic) bond motifs is 2. The average Bonchev–Trinajstić information content (AvgIpc) is 3.43. The van der Waals surface area contributed by atoms with Crippen molar-refractivity contribution in [1.29, 1.82) is 5.26 Å². The van der Waals surface area contributed by atoms with E-state index < -0.39 is 0 Å². The van der Waals surface area contributed by atoms with Gasteiger partial charge in [0.05, 0.1) is 35.2 Å². The number of piperidine rings is 1. The zero-order chi connectivity index (χ0) is 28.9. The molecular formula is C32H40ClN5OS. The molecule has 40 heavy (non-hydrogen) atoms. The predicted molar refractivity (Wildman–Crippen MR) is 167 cm³/mol. The molecule has 2 aliphatic rings. The number of aromatic hydroxyl groups is 1. The van der Waals surface area contributed by atoms with E-state index in [2.05, 4.69) is 74.9 Å². The Hall–Kier alpha value is -2.79. The topological polar surface area (TPSA) is 75.4 Å². The highest BCUT2D eigenvalue weighted by molar-refractivity contribution is 7.15. The number of benzene rings is 2.